The first-order chi connectivity index (χ1) is 15.0. The molecule has 4 rings (SSSR count). The predicted octanol–water partition coefficient (Wildman–Crippen LogP) is 0.213. The first-order valence-corrected chi connectivity index (χ1v) is 9.71. The van der Waals surface area contributed by atoms with Gasteiger partial charge in [-0.2, -0.15) is 0 Å². The van der Waals surface area contributed by atoms with Crippen molar-refractivity contribution in [3.8, 4) is 0 Å². The zero-order valence-corrected chi connectivity index (χ0v) is 16.9. The monoisotopic (exact) mass is 424 g/mol. The lowest BCUT2D eigenvalue weighted by atomic mass is 9.93. The van der Waals surface area contributed by atoms with Crippen LogP contribution in [0.1, 0.15) is 5.56 Å². The van der Waals surface area contributed by atoms with Crippen molar-refractivity contribution in [3.05, 3.63) is 77.8 Å². The number of fused-ring (bicyclic) bond motifs is 1. The quantitative estimate of drug-likeness (QED) is 0.374. The second kappa shape index (κ2) is 8.29. The lowest BCUT2D eigenvalue weighted by Gasteiger charge is -2.55. The number of hydrogen-bond acceptors (Lipinski definition) is 5. The highest BCUT2D eigenvalue weighted by atomic mass is 16.6. The minimum Gasteiger partial charge on any atom is -0.477 e. The highest BCUT2D eigenvalue weighted by molar-refractivity contribution is 6.03. The number of benzene rings is 1. The molecule has 1 aromatic heterocycles. The number of hydrogen-bond donors (Lipinski definition) is 2. The highest BCUT2D eigenvalue weighted by Gasteiger charge is 2.67. The van der Waals surface area contributed by atoms with Crippen LogP contribution in [0.2, 0.25) is 0 Å². The molecule has 9 nitrogen and oxygen atoms in total. The molecule has 3 heterocycles. The van der Waals surface area contributed by atoms with Crippen LogP contribution in [0, 0.1) is 0 Å². The van der Waals surface area contributed by atoms with Crippen molar-refractivity contribution >= 4 is 17.8 Å². The summed E-state index contributed by atoms with van der Waals surface area (Å²) in [6, 6.07) is 14.5. The van der Waals surface area contributed by atoms with E-state index in [1.165, 1.54) is 7.11 Å². The average Bonchev–Trinajstić information content (AvgIpc) is 2.78. The Hall–Kier alpha value is -3.56. The molecule has 2 aliphatic rings. The Balaban J connectivity index is 1.57. The van der Waals surface area contributed by atoms with Gasteiger partial charge >= 0.3 is 5.97 Å². The standard InChI is InChI=1S/C22H21N3O6/c1-30-22(23-17(26)12-15-8-4-2-5-9-15)20(29)25-18(19(27)28)16(14-31-21(22)25)13-24-10-6-3-7-11-24/h2-11,21H,12-14H2,1H3,(H-,23,26,27,28)/p+1/t21-,22+/m1/s1. The summed E-state index contributed by atoms with van der Waals surface area (Å²) in [5.74, 6) is -2.36. The number of carboxylic acids is 1. The first kappa shape index (κ1) is 20.7. The second-order valence-electron chi connectivity index (χ2n) is 7.29. The summed E-state index contributed by atoms with van der Waals surface area (Å²) in [6.07, 6.45) is 2.56. The third-order valence-electron chi connectivity index (χ3n) is 5.32. The van der Waals surface area contributed by atoms with Gasteiger partial charge in [0.05, 0.1) is 18.6 Å². The summed E-state index contributed by atoms with van der Waals surface area (Å²) in [4.78, 5) is 38.7. The normalized spacial score (nSPS) is 22.5. The maximum absolute atomic E-state index is 13.1. The number of rotatable bonds is 7. The van der Waals surface area contributed by atoms with E-state index in [1.54, 1.807) is 29.1 Å². The molecule has 2 amide bonds. The van der Waals surface area contributed by atoms with Gasteiger partial charge in [0, 0.05) is 19.2 Å². The number of carbonyl (C=O) groups is 3. The lowest BCUT2D eigenvalue weighted by molar-refractivity contribution is -0.689. The molecule has 1 fully saturated rings. The number of nitrogens with one attached hydrogen (secondary N) is 1. The van der Waals surface area contributed by atoms with E-state index in [0.29, 0.717) is 5.57 Å². The van der Waals surface area contributed by atoms with Gasteiger partial charge in [-0.05, 0) is 5.56 Å². The number of methoxy groups -OCH3 is 1. The predicted molar refractivity (Wildman–Crippen MR) is 106 cm³/mol. The number of aromatic nitrogens is 1. The van der Waals surface area contributed by atoms with Gasteiger partial charge in [0.2, 0.25) is 5.91 Å². The summed E-state index contributed by atoms with van der Waals surface area (Å²) in [6.45, 7) is 0.233. The fraction of sp³-hybridized carbons (Fsp3) is 0.273. The number of nitrogens with zero attached hydrogens (tertiary/aromatic N) is 2. The second-order valence-corrected chi connectivity index (χ2v) is 7.29. The Labute approximate surface area is 178 Å². The van der Waals surface area contributed by atoms with Gasteiger partial charge < -0.3 is 19.9 Å². The Bertz CT molecular complexity index is 1040. The zero-order chi connectivity index (χ0) is 22.0. The molecule has 0 radical (unpaired) electrons. The largest absolute Gasteiger partial charge is 0.477 e. The fourth-order valence-electron chi connectivity index (χ4n) is 3.86. The van der Waals surface area contributed by atoms with Crippen molar-refractivity contribution in [2.24, 2.45) is 0 Å². The molecule has 2 aliphatic heterocycles. The van der Waals surface area contributed by atoms with Crippen LogP contribution >= 0.6 is 0 Å². The van der Waals surface area contributed by atoms with Crippen molar-refractivity contribution in [2.45, 2.75) is 24.9 Å². The molecule has 0 aliphatic carbocycles. The van der Waals surface area contributed by atoms with Crippen molar-refractivity contribution in [2.75, 3.05) is 13.7 Å². The molecule has 0 saturated carbocycles. The van der Waals surface area contributed by atoms with Crippen LogP contribution in [-0.4, -0.2) is 53.5 Å². The SMILES string of the molecule is CO[C@@]1(NC(=O)Cc2ccccc2)C(=O)N2C(C(=O)O)=C(C[n+]3ccccc3)CO[C@@H]21. The van der Waals surface area contributed by atoms with E-state index >= 15 is 0 Å². The van der Waals surface area contributed by atoms with Gasteiger partial charge in [-0.1, -0.05) is 36.4 Å². The number of ether oxygens (including phenoxy) is 2. The average molecular weight is 424 g/mol. The van der Waals surface area contributed by atoms with Gasteiger partial charge in [-0.3, -0.25) is 14.5 Å². The Morgan fingerprint density at radius 1 is 1.23 bits per heavy atom. The van der Waals surface area contributed by atoms with Crippen LogP contribution in [0.15, 0.2) is 72.2 Å². The van der Waals surface area contributed by atoms with Gasteiger partial charge in [-0.15, -0.1) is 0 Å². The van der Waals surface area contributed by atoms with Crippen LogP contribution < -0.4 is 9.88 Å². The molecule has 31 heavy (non-hydrogen) atoms. The van der Waals surface area contributed by atoms with Crippen molar-refractivity contribution in [1.82, 2.24) is 10.2 Å². The van der Waals surface area contributed by atoms with Gasteiger partial charge in [0.15, 0.2) is 25.2 Å². The molecule has 0 bridgehead atoms. The molecule has 1 saturated heterocycles. The van der Waals surface area contributed by atoms with E-state index in [1.807, 2.05) is 36.4 Å². The Kier molecular flexibility index (Phi) is 5.53. The number of carbonyl (C=O) groups excluding carboxylic acids is 2. The summed E-state index contributed by atoms with van der Waals surface area (Å²) >= 11 is 0. The van der Waals surface area contributed by atoms with E-state index in [9.17, 15) is 19.5 Å². The number of aliphatic carboxylic acids is 1. The topological polar surface area (TPSA) is 109 Å². The molecule has 2 N–H and O–H groups in total. The number of amides is 2. The summed E-state index contributed by atoms with van der Waals surface area (Å²) in [5, 5.41) is 12.4. The summed E-state index contributed by atoms with van der Waals surface area (Å²) in [7, 11) is 1.28. The number of carboxylic acid groups (broad SMARTS) is 1. The molecule has 0 spiro atoms. The third kappa shape index (κ3) is 3.69. The fourth-order valence-corrected chi connectivity index (χ4v) is 3.86. The molecule has 0 unspecified atom stereocenters. The van der Waals surface area contributed by atoms with Crippen LogP contribution in [0.5, 0.6) is 0 Å². The van der Waals surface area contributed by atoms with E-state index in [2.05, 4.69) is 5.32 Å². The van der Waals surface area contributed by atoms with E-state index in [-0.39, 0.29) is 25.3 Å². The van der Waals surface area contributed by atoms with E-state index in [4.69, 9.17) is 9.47 Å². The summed E-state index contributed by atoms with van der Waals surface area (Å²) in [5.41, 5.74) is -0.707. The smallest absolute Gasteiger partial charge is 0.352 e. The lowest BCUT2D eigenvalue weighted by Crippen LogP contribution is -2.82. The van der Waals surface area contributed by atoms with E-state index < -0.39 is 29.7 Å². The molecule has 160 valence electrons. The molecule has 2 atom stereocenters. The zero-order valence-electron chi connectivity index (χ0n) is 16.9. The molecular weight excluding hydrogens is 402 g/mol. The van der Waals surface area contributed by atoms with Crippen molar-refractivity contribution in [3.63, 3.8) is 0 Å². The maximum Gasteiger partial charge on any atom is 0.352 e. The molecule has 9 heteroatoms. The van der Waals surface area contributed by atoms with Gasteiger partial charge in [0.25, 0.3) is 11.6 Å². The van der Waals surface area contributed by atoms with Gasteiger partial charge in [-0.25, -0.2) is 9.36 Å². The third-order valence-corrected chi connectivity index (χ3v) is 5.32. The van der Waals surface area contributed by atoms with Gasteiger partial charge in [0.1, 0.15) is 5.70 Å². The summed E-state index contributed by atoms with van der Waals surface area (Å²) < 4.78 is 13.0. The minimum atomic E-state index is -1.77. The molecular formula is C22H22N3O6+. The first-order valence-electron chi connectivity index (χ1n) is 9.71. The van der Waals surface area contributed by atoms with E-state index in [0.717, 1.165) is 10.5 Å². The molecule has 2 aromatic rings. The maximum atomic E-state index is 13.1. The number of β-lactam (4-membered cyclic amide) rings is 1. The van der Waals surface area contributed by atoms with Crippen LogP contribution in [0.3, 0.4) is 0 Å². The minimum absolute atomic E-state index is 0.0162. The van der Waals surface area contributed by atoms with Crippen LogP contribution in [-0.2, 0) is 36.8 Å². The van der Waals surface area contributed by atoms with Crippen molar-refractivity contribution < 1.29 is 33.5 Å². The van der Waals surface area contributed by atoms with Crippen LogP contribution in [0.25, 0.3) is 0 Å². The molecule has 1 aromatic carbocycles. The van der Waals surface area contributed by atoms with Crippen molar-refractivity contribution in [1.29, 1.82) is 0 Å². The number of pyridine rings is 1. The Morgan fingerprint density at radius 2 is 1.90 bits per heavy atom. The Morgan fingerprint density at radius 3 is 2.55 bits per heavy atom. The highest BCUT2D eigenvalue weighted by Crippen LogP contribution is 2.40. The van der Waals surface area contributed by atoms with Crippen LogP contribution in [0.4, 0.5) is 0 Å².